The number of hydrogen-bond acceptors (Lipinski definition) is 9. The Morgan fingerprint density at radius 2 is 1.67 bits per heavy atom. The van der Waals surface area contributed by atoms with E-state index < -0.39 is 59.0 Å². The lowest BCUT2D eigenvalue weighted by molar-refractivity contribution is -0.143. The third kappa shape index (κ3) is 14.0. The van der Waals surface area contributed by atoms with Crippen molar-refractivity contribution in [3.8, 4) is 0 Å². The van der Waals surface area contributed by atoms with Crippen molar-refractivity contribution in [2.45, 2.75) is 116 Å². The minimum absolute atomic E-state index is 0.00496. The first-order valence-electron chi connectivity index (χ1n) is 16.0. The van der Waals surface area contributed by atoms with Gasteiger partial charge in [-0.3, -0.25) is 19.2 Å². The molecular weight excluding hydrogens is 612 g/mol. The number of carbonyl (C=O) groups excluding carboxylic acids is 5. The molecule has 1 heterocycles. The standard InChI is InChI=1S/C33H52N4O8S/c1-8-43-27(38)18-26(46)24(17-23-14-15-34-29(23)39)35-30(40)25(16-20(2)3)36-31(41)28(21(4)45-33(5,6)7)37-32(42)44-19-22-12-10-9-11-13-22/h9-13,20-21,23-26,28,46H,8,14-19H2,1-7H3,(H,34,39)(H,35,40)(H,36,41)(H,37,42)/t21-,23+,24+,25+,26+,28+/m1/s1. The van der Waals surface area contributed by atoms with Crippen LogP contribution in [0.5, 0.6) is 0 Å². The van der Waals surface area contributed by atoms with Crippen LogP contribution in [0.3, 0.4) is 0 Å². The average Bonchev–Trinajstić information content (AvgIpc) is 3.37. The van der Waals surface area contributed by atoms with Crippen LogP contribution in [0, 0.1) is 11.8 Å². The molecule has 0 unspecified atom stereocenters. The van der Waals surface area contributed by atoms with Gasteiger partial charge < -0.3 is 35.5 Å². The second kappa shape index (κ2) is 18.7. The molecule has 0 saturated carbocycles. The van der Waals surface area contributed by atoms with E-state index in [4.69, 9.17) is 14.2 Å². The molecule has 1 saturated heterocycles. The fraction of sp³-hybridized carbons (Fsp3) is 0.667. The summed E-state index contributed by atoms with van der Waals surface area (Å²) in [7, 11) is 0. The zero-order chi connectivity index (χ0) is 34.4. The lowest BCUT2D eigenvalue weighted by Crippen LogP contribution is -2.59. The molecule has 0 aliphatic carbocycles. The summed E-state index contributed by atoms with van der Waals surface area (Å²) in [5.74, 6) is -2.06. The summed E-state index contributed by atoms with van der Waals surface area (Å²) in [6.07, 6.45) is -0.533. The van der Waals surface area contributed by atoms with Gasteiger partial charge in [0.15, 0.2) is 0 Å². The molecule has 12 nitrogen and oxygen atoms in total. The van der Waals surface area contributed by atoms with E-state index in [2.05, 4.69) is 33.9 Å². The molecule has 0 bridgehead atoms. The van der Waals surface area contributed by atoms with Crippen molar-refractivity contribution >= 4 is 42.4 Å². The molecular formula is C33H52N4O8S. The molecule has 1 aliphatic rings. The highest BCUT2D eigenvalue weighted by molar-refractivity contribution is 7.81. The van der Waals surface area contributed by atoms with Crippen LogP contribution in [0.1, 0.15) is 79.7 Å². The van der Waals surface area contributed by atoms with E-state index in [9.17, 15) is 24.0 Å². The predicted octanol–water partition coefficient (Wildman–Crippen LogP) is 3.28. The van der Waals surface area contributed by atoms with Crippen molar-refractivity contribution in [2.75, 3.05) is 13.2 Å². The molecule has 2 rings (SSSR count). The number of benzene rings is 1. The van der Waals surface area contributed by atoms with Gasteiger partial charge in [-0.15, -0.1) is 0 Å². The maximum absolute atomic E-state index is 13.8. The van der Waals surface area contributed by atoms with Gasteiger partial charge >= 0.3 is 12.1 Å². The van der Waals surface area contributed by atoms with Crippen LogP contribution in [-0.2, 0) is 40.0 Å². The SMILES string of the molecule is CCOC(=O)C[C@H](S)[C@H](C[C@@H]1CCNC1=O)NC(=O)[C@H](CC(C)C)NC(=O)[C@@H](NC(=O)OCc1ccccc1)[C@@H](C)OC(C)(C)C. The Labute approximate surface area is 278 Å². The molecule has 0 radical (unpaired) electrons. The van der Waals surface area contributed by atoms with Gasteiger partial charge in [-0.1, -0.05) is 44.2 Å². The number of carbonyl (C=O) groups is 5. The van der Waals surface area contributed by atoms with Gasteiger partial charge in [0, 0.05) is 23.8 Å². The number of alkyl carbamates (subject to hydrolysis) is 1. The first-order valence-corrected chi connectivity index (χ1v) is 16.5. The zero-order valence-corrected chi connectivity index (χ0v) is 29.0. The highest BCUT2D eigenvalue weighted by Crippen LogP contribution is 2.22. The van der Waals surface area contributed by atoms with Crippen molar-refractivity contribution in [1.82, 2.24) is 21.3 Å². The van der Waals surface area contributed by atoms with E-state index in [1.54, 1.807) is 13.8 Å². The van der Waals surface area contributed by atoms with Crippen LogP contribution in [0.25, 0.3) is 0 Å². The van der Waals surface area contributed by atoms with Gasteiger partial charge in [0.25, 0.3) is 0 Å². The van der Waals surface area contributed by atoms with Gasteiger partial charge in [-0.25, -0.2) is 4.79 Å². The number of esters is 1. The summed E-state index contributed by atoms with van der Waals surface area (Å²) in [6.45, 7) is 13.4. The Kier molecular flexibility index (Phi) is 15.8. The molecule has 4 amide bonds. The first-order chi connectivity index (χ1) is 21.6. The average molecular weight is 665 g/mol. The van der Waals surface area contributed by atoms with Gasteiger partial charge in [0.1, 0.15) is 18.7 Å². The third-order valence-corrected chi connectivity index (χ3v) is 7.83. The minimum Gasteiger partial charge on any atom is -0.466 e. The van der Waals surface area contributed by atoms with Crippen molar-refractivity contribution < 1.29 is 38.2 Å². The predicted molar refractivity (Wildman–Crippen MR) is 177 cm³/mol. The van der Waals surface area contributed by atoms with Gasteiger partial charge in [0.2, 0.25) is 17.7 Å². The summed E-state index contributed by atoms with van der Waals surface area (Å²) >= 11 is 4.61. The maximum Gasteiger partial charge on any atom is 0.408 e. The number of hydrogen-bond donors (Lipinski definition) is 5. The van der Waals surface area contributed by atoms with Gasteiger partial charge in [-0.05, 0) is 65.4 Å². The molecule has 258 valence electrons. The fourth-order valence-corrected chi connectivity index (χ4v) is 5.53. The Balaban J connectivity index is 2.24. The summed E-state index contributed by atoms with van der Waals surface area (Å²) in [6, 6.07) is 6.28. The summed E-state index contributed by atoms with van der Waals surface area (Å²) in [4.78, 5) is 65.0. The Morgan fingerprint density at radius 3 is 2.24 bits per heavy atom. The van der Waals surface area contributed by atoms with Crippen molar-refractivity contribution in [3.05, 3.63) is 35.9 Å². The highest BCUT2D eigenvalue weighted by Gasteiger charge is 2.36. The third-order valence-electron chi connectivity index (χ3n) is 7.29. The zero-order valence-electron chi connectivity index (χ0n) is 28.1. The minimum atomic E-state index is -1.19. The van der Waals surface area contributed by atoms with Crippen molar-refractivity contribution in [2.24, 2.45) is 11.8 Å². The van der Waals surface area contributed by atoms with E-state index in [0.29, 0.717) is 13.0 Å². The molecule has 0 aromatic heterocycles. The number of thiol groups is 1. The Hall–Kier alpha value is -3.32. The highest BCUT2D eigenvalue weighted by atomic mass is 32.1. The van der Waals surface area contributed by atoms with Crippen molar-refractivity contribution in [3.63, 3.8) is 0 Å². The van der Waals surface area contributed by atoms with Crippen LogP contribution in [0.4, 0.5) is 4.79 Å². The molecule has 4 N–H and O–H groups in total. The van der Waals surface area contributed by atoms with E-state index >= 15 is 0 Å². The molecule has 46 heavy (non-hydrogen) atoms. The second-order valence-corrected chi connectivity index (χ2v) is 13.7. The smallest absolute Gasteiger partial charge is 0.408 e. The number of ether oxygens (including phenoxy) is 3. The lowest BCUT2D eigenvalue weighted by Gasteiger charge is -2.32. The normalized spacial score (nSPS) is 18.0. The molecule has 1 fully saturated rings. The molecule has 1 aromatic rings. The number of nitrogens with one attached hydrogen (secondary N) is 4. The lowest BCUT2D eigenvalue weighted by atomic mass is 9.94. The van der Waals surface area contributed by atoms with E-state index in [0.717, 1.165) is 5.56 Å². The van der Waals surface area contributed by atoms with Crippen LogP contribution >= 0.6 is 12.6 Å². The Bertz CT molecular complexity index is 1160. The van der Waals surface area contributed by atoms with Crippen LogP contribution in [0.15, 0.2) is 30.3 Å². The van der Waals surface area contributed by atoms with E-state index in [-0.39, 0.29) is 50.2 Å². The fourth-order valence-electron chi connectivity index (χ4n) is 5.18. The second-order valence-electron chi connectivity index (χ2n) is 13.0. The topological polar surface area (TPSA) is 161 Å². The molecule has 1 aromatic carbocycles. The molecule has 1 aliphatic heterocycles. The summed E-state index contributed by atoms with van der Waals surface area (Å²) in [5.41, 5.74) is 0.143. The molecule has 13 heteroatoms. The van der Waals surface area contributed by atoms with E-state index in [1.807, 2.05) is 65.0 Å². The van der Waals surface area contributed by atoms with Crippen LogP contribution < -0.4 is 21.3 Å². The van der Waals surface area contributed by atoms with Crippen LogP contribution in [0.2, 0.25) is 0 Å². The summed E-state index contributed by atoms with van der Waals surface area (Å²) < 4.78 is 16.5. The van der Waals surface area contributed by atoms with Gasteiger partial charge in [0.05, 0.1) is 24.7 Å². The van der Waals surface area contributed by atoms with Crippen LogP contribution in [-0.4, -0.2) is 78.0 Å². The quantitative estimate of drug-likeness (QED) is 0.125. The number of rotatable bonds is 17. The monoisotopic (exact) mass is 664 g/mol. The Morgan fingerprint density at radius 1 is 1.00 bits per heavy atom. The van der Waals surface area contributed by atoms with Crippen molar-refractivity contribution in [1.29, 1.82) is 0 Å². The number of amides is 4. The largest absolute Gasteiger partial charge is 0.466 e. The van der Waals surface area contributed by atoms with Gasteiger partial charge in [-0.2, -0.15) is 12.6 Å². The first kappa shape index (κ1) is 38.9. The van der Waals surface area contributed by atoms with E-state index in [1.165, 1.54) is 0 Å². The maximum atomic E-state index is 13.8. The molecule has 0 spiro atoms. The summed E-state index contributed by atoms with van der Waals surface area (Å²) in [5, 5.41) is 10.5. The molecule has 6 atom stereocenters.